The molecule has 1 amide bonds. The molecule has 6 nitrogen and oxygen atoms in total. The van der Waals surface area contributed by atoms with Gasteiger partial charge in [0.15, 0.2) is 11.5 Å². The number of anilines is 1. The maximum Gasteiger partial charge on any atom is 0.267 e. The van der Waals surface area contributed by atoms with Crippen molar-refractivity contribution in [1.82, 2.24) is 4.98 Å². The molecule has 0 spiro atoms. The number of amides is 1. The van der Waals surface area contributed by atoms with Crippen LogP contribution in [0.3, 0.4) is 0 Å². The summed E-state index contributed by atoms with van der Waals surface area (Å²) in [7, 11) is 0. The van der Waals surface area contributed by atoms with Gasteiger partial charge in [-0.2, -0.15) is 0 Å². The van der Waals surface area contributed by atoms with Crippen molar-refractivity contribution >= 4 is 34.5 Å². The molecule has 1 N–H and O–H groups in total. The lowest BCUT2D eigenvalue weighted by Crippen LogP contribution is -2.11. The van der Waals surface area contributed by atoms with Gasteiger partial charge in [-0.05, 0) is 49.7 Å². The summed E-state index contributed by atoms with van der Waals surface area (Å²) in [5.74, 6) is 1.78. The number of nitrogens with one attached hydrogen (secondary N) is 1. The Morgan fingerprint density at radius 3 is 2.86 bits per heavy atom. The van der Waals surface area contributed by atoms with E-state index in [4.69, 9.17) is 25.8 Å². The first-order chi connectivity index (χ1) is 13.5. The van der Waals surface area contributed by atoms with Crippen LogP contribution in [0.5, 0.6) is 17.2 Å². The number of ether oxygens (including phenoxy) is 3. The zero-order valence-corrected chi connectivity index (χ0v) is 16.8. The van der Waals surface area contributed by atoms with E-state index in [0.29, 0.717) is 38.5 Å². The third-order valence-electron chi connectivity index (χ3n) is 4.17. The Morgan fingerprint density at radius 1 is 1.21 bits per heavy atom. The first-order valence-corrected chi connectivity index (χ1v) is 9.75. The van der Waals surface area contributed by atoms with E-state index < -0.39 is 0 Å². The fourth-order valence-electron chi connectivity index (χ4n) is 2.74. The maximum atomic E-state index is 12.6. The highest BCUT2D eigenvalue weighted by molar-refractivity contribution is 7.13. The van der Waals surface area contributed by atoms with Crippen LogP contribution in [-0.2, 0) is 6.61 Å². The highest BCUT2D eigenvalue weighted by Gasteiger charge is 2.18. The summed E-state index contributed by atoms with van der Waals surface area (Å²) in [6.45, 7) is 4.20. The Labute approximate surface area is 171 Å². The van der Waals surface area contributed by atoms with E-state index in [1.54, 1.807) is 31.2 Å². The highest BCUT2D eigenvalue weighted by Crippen LogP contribution is 2.34. The van der Waals surface area contributed by atoms with Gasteiger partial charge in [-0.3, -0.25) is 4.79 Å². The van der Waals surface area contributed by atoms with E-state index in [9.17, 15) is 4.79 Å². The number of nitrogens with zero attached hydrogens (tertiary/aromatic N) is 1. The van der Waals surface area contributed by atoms with E-state index in [1.807, 2.05) is 19.1 Å². The van der Waals surface area contributed by atoms with Crippen molar-refractivity contribution in [2.75, 3.05) is 12.1 Å². The second-order valence-electron chi connectivity index (χ2n) is 6.24. The fourth-order valence-corrected chi connectivity index (χ4v) is 3.73. The lowest BCUT2D eigenvalue weighted by molar-refractivity contribution is 0.103. The fraction of sp³-hybridized carbons (Fsp3) is 0.200. The Hall–Kier alpha value is -2.77. The van der Waals surface area contributed by atoms with Crippen LogP contribution in [0.15, 0.2) is 36.4 Å². The minimum atomic E-state index is -0.220. The summed E-state index contributed by atoms with van der Waals surface area (Å²) >= 11 is 7.34. The summed E-state index contributed by atoms with van der Waals surface area (Å²) in [5, 5.41) is 4.29. The van der Waals surface area contributed by atoms with Crippen LogP contribution in [0.2, 0.25) is 5.02 Å². The van der Waals surface area contributed by atoms with Crippen molar-refractivity contribution in [3.8, 4) is 17.2 Å². The molecule has 0 atom stereocenters. The summed E-state index contributed by atoms with van der Waals surface area (Å²) in [5.41, 5.74) is 2.24. The van der Waals surface area contributed by atoms with Crippen molar-refractivity contribution in [2.24, 2.45) is 0 Å². The molecule has 1 aliphatic heterocycles. The topological polar surface area (TPSA) is 69.7 Å². The van der Waals surface area contributed by atoms with Crippen LogP contribution < -0.4 is 19.5 Å². The van der Waals surface area contributed by atoms with Crippen LogP contribution in [0, 0.1) is 13.8 Å². The van der Waals surface area contributed by atoms with Crippen LogP contribution in [0.25, 0.3) is 0 Å². The molecule has 28 heavy (non-hydrogen) atoms. The van der Waals surface area contributed by atoms with Gasteiger partial charge in [0, 0.05) is 16.8 Å². The van der Waals surface area contributed by atoms with Gasteiger partial charge in [0.1, 0.15) is 22.2 Å². The summed E-state index contributed by atoms with van der Waals surface area (Å²) in [6, 6.07) is 10.8. The molecule has 0 saturated heterocycles. The van der Waals surface area contributed by atoms with E-state index in [-0.39, 0.29) is 19.3 Å². The molecule has 0 aliphatic carbocycles. The van der Waals surface area contributed by atoms with Gasteiger partial charge in [0.05, 0.1) is 5.69 Å². The molecule has 0 bridgehead atoms. The summed E-state index contributed by atoms with van der Waals surface area (Å²) in [4.78, 5) is 17.6. The monoisotopic (exact) mass is 416 g/mol. The molecular weight excluding hydrogens is 400 g/mol. The SMILES string of the molecule is Cc1cc(OCc2nc(C)c(C(=O)Nc3ccc4c(c3)OCO4)s2)ccc1Cl. The van der Waals surface area contributed by atoms with Gasteiger partial charge in [-0.15, -0.1) is 11.3 Å². The van der Waals surface area contributed by atoms with Gasteiger partial charge in [0.2, 0.25) is 6.79 Å². The second kappa shape index (κ2) is 7.69. The molecule has 0 unspecified atom stereocenters. The van der Waals surface area contributed by atoms with E-state index >= 15 is 0 Å². The van der Waals surface area contributed by atoms with Crippen LogP contribution in [0.4, 0.5) is 5.69 Å². The first-order valence-electron chi connectivity index (χ1n) is 8.56. The van der Waals surface area contributed by atoms with Crippen molar-refractivity contribution in [1.29, 1.82) is 0 Å². The molecule has 3 aromatic rings. The molecule has 8 heteroatoms. The third kappa shape index (κ3) is 3.90. The number of aryl methyl sites for hydroxylation is 2. The van der Waals surface area contributed by atoms with Crippen molar-refractivity contribution in [3.05, 3.63) is 62.6 Å². The number of carbonyl (C=O) groups excluding carboxylic acids is 1. The minimum absolute atomic E-state index is 0.192. The molecule has 144 valence electrons. The summed E-state index contributed by atoms with van der Waals surface area (Å²) < 4.78 is 16.4. The van der Waals surface area contributed by atoms with Crippen molar-refractivity contribution < 1.29 is 19.0 Å². The molecule has 0 radical (unpaired) electrons. The van der Waals surface area contributed by atoms with Gasteiger partial charge in [-0.25, -0.2) is 4.98 Å². The minimum Gasteiger partial charge on any atom is -0.486 e. The van der Waals surface area contributed by atoms with Crippen molar-refractivity contribution in [2.45, 2.75) is 20.5 Å². The van der Waals surface area contributed by atoms with E-state index in [2.05, 4.69) is 10.3 Å². The highest BCUT2D eigenvalue weighted by atomic mass is 35.5. The van der Waals surface area contributed by atoms with Crippen LogP contribution in [0.1, 0.15) is 25.9 Å². The number of benzene rings is 2. The quantitative estimate of drug-likeness (QED) is 0.635. The predicted octanol–water partition coefficient (Wildman–Crippen LogP) is 4.97. The van der Waals surface area contributed by atoms with E-state index in [1.165, 1.54) is 11.3 Å². The number of halogens is 1. The largest absolute Gasteiger partial charge is 0.486 e. The van der Waals surface area contributed by atoms with E-state index in [0.717, 1.165) is 10.6 Å². The van der Waals surface area contributed by atoms with Crippen molar-refractivity contribution in [3.63, 3.8) is 0 Å². The smallest absolute Gasteiger partial charge is 0.267 e. The number of fused-ring (bicyclic) bond motifs is 1. The molecule has 0 saturated carbocycles. The average Bonchev–Trinajstić information content (AvgIpc) is 3.28. The molecule has 1 aliphatic rings. The molecule has 2 aromatic carbocycles. The number of rotatable bonds is 5. The van der Waals surface area contributed by atoms with Gasteiger partial charge in [-0.1, -0.05) is 11.6 Å². The second-order valence-corrected chi connectivity index (χ2v) is 7.73. The molecule has 0 fully saturated rings. The predicted molar refractivity (Wildman–Crippen MR) is 108 cm³/mol. The third-order valence-corrected chi connectivity index (χ3v) is 5.72. The van der Waals surface area contributed by atoms with Gasteiger partial charge >= 0.3 is 0 Å². The number of thiazole rings is 1. The Kier molecular flexibility index (Phi) is 5.11. The number of aromatic nitrogens is 1. The standard InChI is InChI=1S/C20H17ClN2O4S/c1-11-7-14(4-5-15(11)21)25-9-18-22-12(2)19(28-18)20(24)23-13-3-6-16-17(8-13)27-10-26-16/h3-8H,9-10H2,1-2H3,(H,23,24). The normalized spacial score (nSPS) is 12.1. The number of carbonyl (C=O) groups is 1. The molecular formula is C20H17ClN2O4S. The number of hydrogen-bond acceptors (Lipinski definition) is 6. The molecule has 1 aromatic heterocycles. The molecule has 4 rings (SSSR count). The first kappa shape index (κ1) is 18.6. The summed E-state index contributed by atoms with van der Waals surface area (Å²) in [6.07, 6.45) is 0. The zero-order chi connectivity index (χ0) is 19.7. The maximum absolute atomic E-state index is 12.6. The lowest BCUT2D eigenvalue weighted by atomic mass is 10.2. The van der Waals surface area contributed by atoms with Crippen LogP contribution in [-0.4, -0.2) is 17.7 Å². The Bertz CT molecular complexity index is 1050. The Morgan fingerprint density at radius 2 is 2.04 bits per heavy atom. The van der Waals surface area contributed by atoms with Crippen LogP contribution >= 0.6 is 22.9 Å². The van der Waals surface area contributed by atoms with Gasteiger partial charge < -0.3 is 19.5 Å². The van der Waals surface area contributed by atoms with Gasteiger partial charge in [0.25, 0.3) is 5.91 Å². The lowest BCUT2D eigenvalue weighted by Gasteiger charge is -2.06. The zero-order valence-electron chi connectivity index (χ0n) is 15.2. The molecule has 2 heterocycles. The average molecular weight is 417 g/mol. The Balaban J connectivity index is 1.43. The number of hydrogen-bond donors (Lipinski definition) is 1.